The van der Waals surface area contributed by atoms with Crippen LogP contribution in [0.3, 0.4) is 0 Å². The van der Waals surface area contributed by atoms with Gasteiger partial charge in [0.1, 0.15) is 6.07 Å². The second-order valence-corrected chi connectivity index (χ2v) is 4.30. The standard InChI is InChI=1S/C15H9BrN2/c16-8-11-5-3-7-14(15(11)10-18)13-6-2-1-4-12(13)9-17/h1-7H,8H2. The van der Waals surface area contributed by atoms with E-state index < -0.39 is 0 Å². The first-order chi connectivity index (χ1) is 8.81. The van der Waals surface area contributed by atoms with Crippen LogP contribution in [0.5, 0.6) is 0 Å². The van der Waals surface area contributed by atoms with Crippen molar-refractivity contribution in [2.24, 2.45) is 0 Å². The molecule has 0 bridgehead atoms. The molecule has 18 heavy (non-hydrogen) atoms. The molecule has 2 nitrogen and oxygen atoms in total. The molecule has 0 fully saturated rings. The Morgan fingerprint density at radius 1 is 0.889 bits per heavy atom. The van der Waals surface area contributed by atoms with E-state index in [0.29, 0.717) is 16.5 Å². The van der Waals surface area contributed by atoms with Gasteiger partial charge in [0.25, 0.3) is 0 Å². The fourth-order valence-electron chi connectivity index (χ4n) is 1.88. The SMILES string of the molecule is N#Cc1ccccc1-c1cccc(CBr)c1C#N. The fourth-order valence-corrected chi connectivity index (χ4v) is 2.35. The molecule has 2 aromatic carbocycles. The topological polar surface area (TPSA) is 47.6 Å². The Kier molecular flexibility index (Phi) is 3.77. The molecule has 0 aromatic heterocycles. The molecular weight excluding hydrogens is 288 g/mol. The van der Waals surface area contributed by atoms with E-state index in [-0.39, 0.29) is 0 Å². The molecule has 0 unspecified atom stereocenters. The van der Waals surface area contributed by atoms with E-state index in [0.717, 1.165) is 16.7 Å². The molecule has 0 radical (unpaired) electrons. The van der Waals surface area contributed by atoms with Crippen LogP contribution in [0.25, 0.3) is 11.1 Å². The molecule has 0 amide bonds. The van der Waals surface area contributed by atoms with Gasteiger partial charge in [0.05, 0.1) is 17.2 Å². The zero-order valence-electron chi connectivity index (χ0n) is 9.52. The van der Waals surface area contributed by atoms with Gasteiger partial charge in [-0.15, -0.1) is 0 Å². The van der Waals surface area contributed by atoms with Crippen molar-refractivity contribution in [3.8, 4) is 23.3 Å². The van der Waals surface area contributed by atoms with Crippen LogP contribution in [0.4, 0.5) is 0 Å². The largest absolute Gasteiger partial charge is 0.192 e. The molecule has 0 saturated heterocycles. The average molecular weight is 297 g/mol. The van der Waals surface area contributed by atoms with Crippen molar-refractivity contribution in [2.45, 2.75) is 5.33 Å². The molecule has 3 heteroatoms. The zero-order valence-corrected chi connectivity index (χ0v) is 11.1. The number of nitriles is 2. The van der Waals surface area contributed by atoms with Gasteiger partial charge in [-0.05, 0) is 11.6 Å². The summed E-state index contributed by atoms with van der Waals surface area (Å²) in [7, 11) is 0. The highest BCUT2D eigenvalue weighted by atomic mass is 79.9. The minimum atomic E-state index is 0.584. The van der Waals surface area contributed by atoms with Crippen LogP contribution in [0.15, 0.2) is 42.5 Å². The lowest BCUT2D eigenvalue weighted by Crippen LogP contribution is -1.92. The minimum absolute atomic E-state index is 0.584. The summed E-state index contributed by atoms with van der Waals surface area (Å²) in [5, 5.41) is 19.1. The van der Waals surface area contributed by atoms with Crippen molar-refractivity contribution < 1.29 is 0 Å². The maximum Gasteiger partial charge on any atom is 0.100 e. The van der Waals surface area contributed by atoms with Gasteiger partial charge in [-0.2, -0.15) is 10.5 Å². The quantitative estimate of drug-likeness (QED) is 0.787. The van der Waals surface area contributed by atoms with Crippen molar-refractivity contribution in [3.63, 3.8) is 0 Å². The van der Waals surface area contributed by atoms with Crippen LogP contribution in [0.2, 0.25) is 0 Å². The molecule has 0 atom stereocenters. The van der Waals surface area contributed by atoms with Gasteiger partial charge in [-0.3, -0.25) is 0 Å². The number of hydrogen-bond acceptors (Lipinski definition) is 2. The van der Waals surface area contributed by atoms with Gasteiger partial charge < -0.3 is 0 Å². The number of rotatable bonds is 2. The van der Waals surface area contributed by atoms with Crippen LogP contribution in [-0.2, 0) is 5.33 Å². The number of benzene rings is 2. The molecule has 0 heterocycles. The number of halogens is 1. The van der Waals surface area contributed by atoms with Crippen LogP contribution >= 0.6 is 15.9 Å². The van der Waals surface area contributed by atoms with E-state index in [2.05, 4.69) is 28.1 Å². The van der Waals surface area contributed by atoms with E-state index in [1.165, 1.54) is 0 Å². The molecule has 0 aliphatic carbocycles. The van der Waals surface area contributed by atoms with Crippen molar-refractivity contribution in [1.82, 2.24) is 0 Å². The predicted octanol–water partition coefficient (Wildman–Crippen LogP) is 3.99. The van der Waals surface area contributed by atoms with Crippen molar-refractivity contribution in [2.75, 3.05) is 0 Å². The summed E-state index contributed by atoms with van der Waals surface area (Å²) in [6.45, 7) is 0. The highest BCUT2D eigenvalue weighted by Gasteiger charge is 2.11. The van der Waals surface area contributed by atoms with Crippen LogP contribution in [0.1, 0.15) is 16.7 Å². The first-order valence-corrected chi connectivity index (χ1v) is 6.51. The molecule has 2 aromatic rings. The predicted molar refractivity (Wildman–Crippen MR) is 73.9 cm³/mol. The molecule has 0 N–H and O–H groups in total. The van der Waals surface area contributed by atoms with Gasteiger partial charge in [-0.1, -0.05) is 52.3 Å². The Labute approximate surface area is 114 Å². The first kappa shape index (κ1) is 12.4. The van der Waals surface area contributed by atoms with Crippen molar-refractivity contribution >= 4 is 15.9 Å². The van der Waals surface area contributed by atoms with E-state index in [1.807, 2.05) is 36.4 Å². The number of hydrogen-bond donors (Lipinski definition) is 0. The third kappa shape index (κ3) is 2.14. The zero-order chi connectivity index (χ0) is 13.0. The normalized spacial score (nSPS) is 9.50. The Morgan fingerprint density at radius 3 is 2.28 bits per heavy atom. The molecule has 2 rings (SSSR count). The van der Waals surface area contributed by atoms with Crippen LogP contribution in [-0.4, -0.2) is 0 Å². The number of alkyl halides is 1. The highest BCUT2D eigenvalue weighted by molar-refractivity contribution is 9.08. The van der Waals surface area contributed by atoms with Gasteiger partial charge in [-0.25, -0.2) is 0 Å². The van der Waals surface area contributed by atoms with Crippen molar-refractivity contribution in [3.05, 3.63) is 59.2 Å². The van der Waals surface area contributed by atoms with Crippen LogP contribution in [0, 0.1) is 22.7 Å². The summed E-state index contributed by atoms with van der Waals surface area (Å²) >= 11 is 3.38. The Morgan fingerprint density at radius 2 is 1.61 bits per heavy atom. The Balaban J connectivity index is 2.73. The van der Waals surface area contributed by atoms with Crippen LogP contribution < -0.4 is 0 Å². The van der Waals surface area contributed by atoms with Gasteiger partial charge in [0, 0.05) is 16.5 Å². The third-order valence-electron chi connectivity index (χ3n) is 2.74. The third-order valence-corrected chi connectivity index (χ3v) is 3.35. The summed E-state index contributed by atoms with van der Waals surface area (Å²) in [5.41, 5.74) is 3.76. The van der Waals surface area contributed by atoms with Gasteiger partial charge in [0.15, 0.2) is 0 Å². The Bertz CT molecular complexity index is 663. The summed E-state index contributed by atoms with van der Waals surface area (Å²) in [4.78, 5) is 0. The van der Waals surface area contributed by atoms with E-state index in [4.69, 9.17) is 5.26 Å². The summed E-state index contributed by atoms with van der Waals surface area (Å²) in [5.74, 6) is 0. The molecule has 86 valence electrons. The summed E-state index contributed by atoms with van der Waals surface area (Å²) < 4.78 is 0. The molecule has 0 aliphatic rings. The lowest BCUT2D eigenvalue weighted by Gasteiger charge is -2.09. The van der Waals surface area contributed by atoms with E-state index in [1.54, 1.807) is 6.07 Å². The first-order valence-electron chi connectivity index (χ1n) is 5.39. The van der Waals surface area contributed by atoms with Gasteiger partial charge in [0.2, 0.25) is 0 Å². The van der Waals surface area contributed by atoms with E-state index in [9.17, 15) is 5.26 Å². The maximum absolute atomic E-state index is 9.30. The smallest absolute Gasteiger partial charge is 0.100 e. The lowest BCUT2D eigenvalue weighted by atomic mass is 9.94. The summed E-state index contributed by atoms with van der Waals surface area (Å²) in [6, 6.07) is 17.4. The molecule has 0 aliphatic heterocycles. The highest BCUT2D eigenvalue weighted by Crippen LogP contribution is 2.29. The molecule has 0 saturated carbocycles. The maximum atomic E-state index is 9.30. The monoisotopic (exact) mass is 296 g/mol. The van der Waals surface area contributed by atoms with Crippen molar-refractivity contribution in [1.29, 1.82) is 10.5 Å². The molecular formula is C15H9BrN2. The Hall–Kier alpha value is -2.10. The second kappa shape index (κ2) is 5.49. The van der Waals surface area contributed by atoms with Gasteiger partial charge >= 0.3 is 0 Å². The fraction of sp³-hybridized carbons (Fsp3) is 0.0667. The molecule has 0 spiro atoms. The lowest BCUT2D eigenvalue weighted by molar-refractivity contribution is 1.36. The number of nitrogens with zero attached hydrogens (tertiary/aromatic N) is 2. The summed E-state index contributed by atoms with van der Waals surface area (Å²) in [6.07, 6.45) is 0. The minimum Gasteiger partial charge on any atom is -0.192 e. The average Bonchev–Trinajstić information content (AvgIpc) is 2.46. The second-order valence-electron chi connectivity index (χ2n) is 3.74. The van der Waals surface area contributed by atoms with E-state index >= 15 is 0 Å².